The number of hydrogen-bond donors (Lipinski definition) is 0. The van der Waals surface area contributed by atoms with E-state index in [1.165, 1.54) is 14.6 Å². The lowest BCUT2D eigenvalue weighted by Gasteiger charge is -2.19. The van der Waals surface area contributed by atoms with Crippen molar-refractivity contribution in [2.75, 3.05) is 13.4 Å². The van der Waals surface area contributed by atoms with Crippen molar-refractivity contribution in [3.8, 4) is 0 Å². The average molecular weight is 332 g/mol. The van der Waals surface area contributed by atoms with Crippen LogP contribution >= 0.6 is 22.6 Å². The zero-order valence-corrected chi connectivity index (χ0v) is 12.3. The van der Waals surface area contributed by atoms with E-state index in [1.54, 1.807) is 0 Å². The molecule has 1 atom stereocenters. The van der Waals surface area contributed by atoms with Crippen LogP contribution < -0.4 is 5.46 Å². The van der Waals surface area contributed by atoms with Crippen molar-refractivity contribution in [1.29, 1.82) is 0 Å². The van der Waals surface area contributed by atoms with E-state index in [2.05, 4.69) is 55.6 Å². The Kier molecular flexibility index (Phi) is 6.38. The first kappa shape index (κ1) is 14.0. The highest BCUT2D eigenvalue weighted by atomic mass is 127. The van der Waals surface area contributed by atoms with Gasteiger partial charge in [0.25, 0.3) is 0 Å². The number of hydrogen-bond acceptors (Lipinski definition) is 2. The van der Waals surface area contributed by atoms with Crippen molar-refractivity contribution in [3.63, 3.8) is 0 Å². The Morgan fingerprint density at radius 3 is 2.75 bits per heavy atom. The molecular weight excluding hydrogens is 314 g/mol. The van der Waals surface area contributed by atoms with E-state index in [9.17, 15) is 0 Å². The van der Waals surface area contributed by atoms with Crippen LogP contribution in [0.5, 0.6) is 0 Å². The first-order chi connectivity index (χ1) is 7.69. The van der Waals surface area contributed by atoms with Crippen LogP contribution in [-0.4, -0.2) is 21.2 Å². The lowest BCUT2D eigenvalue weighted by atomic mass is 9.87. The molecule has 0 radical (unpaired) electrons. The van der Waals surface area contributed by atoms with Gasteiger partial charge in [0, 0.05) is 10.2 Å². The first-order valence-corrected chi connectivity index (χ1v) is 6.72. The van der Waals surface area contributed by atoms with E-state index in [-0.39, 0.29) is 6.10 Å². The fourth-order valence-electron chi connectivity index (χ4n) is 1.60. The van der Waals surface area contributed by atoms with Crippen LogP contribution in [0.25, 0.3) is 0 Å². The predicted octanol–water partition coefficient (Wildman–Crippen LogP) is 2.01. The summed E-state index contributed by atoms with van der Waals surface area (Å²) >= 11 is 2.33. The lowest BCUT2D eigenvalue weighted by molar-refractivity contribution is -0.0884. The number of rotatable bonds is 6. The fraction of sp³-hybridized carbons (Fsp3) is 0.500. The van der Waals surface area contributed by atoms with Gasteiger partial charge in [-0.1, -0.05) is 18.5 Å². The molecule has 0 N–H and O–H groups in total. The quantitative estimate of drug-likeness (QED) is 0.343. The summed E-state index contributed by atoms with van der Waals surface area (Å²) in [6, 6.07) is 6.45. The van der Waals surface area contributed by atoms with Gasteiger partial charge >= 0.3 is 0 Å². The van der Waals surface area contributed by atoms with Crippen LogP contribution in [0.15, 0.2) is 18.2 Å². The molecule has 0 bridgehead atoms. The normalized spacial score (nSPS) is 12.7. The highest BCUT2D eigenvalue weighted by Gasteiger charge is 2.12. The highest BCUT2D eigenvalue weighted by molar-refractivity contribution is 14.1. The van der Waals surface area contributed by atoms with E-state index in [1.807, 2.05) is 6.92 Å². The van der Waals surface area contributed by atoms with Crippen LogP contribution in [0, 0.1) is 3.57 Å². The fourth-order valence-corrected chi connectivity index (χ4v) is 2.11. The van der Waals surface area contributed by atoms with E-state index in [4.69, 9.17) is 9.47 Å². The molecule has 0 heterocycles. The molecule has 4 heteroatoms. The van der Waals surface area contributed by atoms with Crippen molar-refractivity contribution in [3.05, 3.63) is 27.3 Å². The molecule has 0 aliphatic carbocycles. The van der Waals surface area contributed by atoms with Gasteiger partial charge in [-0.3, -0.25) is 0 Å². The average Bonchev–Trinajstić information content (AvgIpc) is 2.28. The Morgan fingerprint density at radius 2 is 2.12 bits per heavy atom. The Labute approximate surface area is 112 Å². The molecule has 0 aliphatic heterocycles. The molecule has 0 saturated carbocycles. The molecule has 1 aromatic carbocycles. The number of benzene rings is 1. The predicted molar refractivity (Wildman–Crippen MR) is 77.9 cm³/mol. The summed E-state index contributed by atoms with van der Waals surface area (Å²) in [4.78, 5) is 0. The van der Waals surface area contributed by atoms with Gasteiger partial charge in [-0.15, -0.1) is 0 Å². The van der Waals surface area contributed by atoms with Crippen LogP contribution in [0.3, 0.4) is 0 Å². The van der Waals surface area contributed by atoms with E-state index < -0.39 is 0 Å². The molecule has 88 valence electrons. The standard InChI is InChI=1S/C12H18BIO2/c1-3-12(16-8-15-4-2)10-7-9(14)5-6-11(10)13/h5-7,12H,3-4,8,13H2,1-2H3/t12-/m1/s1. The van der Waals surface area contributed by atoms with Crippen LogP contribution in [-0.2, 0) is 9.47 Å². The summed E-state index contributed by atoms with van der Waals surface area (Å²) in [6.07, 6.45) is 1.11. The molecular formula is C12H18BIO2. The van der Waals surface area contributed by atoms with Crippen molar-refractivity contribution in [2.24, 2.45) is 0 Å². The molecule has 2 nitrogen and oxygen atoms in total. The van der Waals surface area contributed by atoms with E-state index >= 15 is 0 Å². The van der Waals surface area contributed by atoms with E-state index in [0.717, 1.165) is 6.42 Å². The second kappa shape index (κ2) is 7.30. The maximum atomic E-state index is 5.73. The Bertz CT molecular complexity index is 331. The van der Waals surface area contributed by atoms with Crippen molar-refractivity contribution in [2.45, 2.75) is 26.4 Å². The molecule has 0 unspecified atom stereocenters. The summed E-state index contributed by atoms with van der Waals surface area (Å²) in [5.74, 6) is 0. The minimum absolute atomic E-state index is 0.140. The third-order valence-corrected chi connectivity index (χ3v) is 3.19. The smallest absolute Gasteiger partial charge is 0.147 e. The second-order valence-corrected chi connectivity index (χ2v) is 4.92. The molecule has 0 spiro atoms. The monoisotopic (exact) mass is 332 g/mol. The minimum atomic E-state index is 0.140. The van der Waals surface area contributed by atoms with Crippen LogP contribution in [0.1, 0.15) is 31.9 Å². The van der Waals surface area contributed by atoms with Gasteiger partial charge in [0.2, 0.25) is 0 Å². The van der Waals surface area contributed by atoms with Crippen molar-refractivity contribution < 1.29 is 9.47 Å². The highest BCUT2D eigenvalue weighted by Crippen LogP contribution is 2.20. The zero-order chi connectivity index (χ0) is 12.0. The first-order valence-electron chi connectivity index (χ1n) is 5.64. The summed E-state index contributed by atoms with van der Waals surface area (Å²) < 4.78 is 12.2. The molecule has 0 aromatic heterocycles. The lowest BCUT2D eigenvalue weighted by Crippen LogP contribution is -2.17. The Hall–Kier alpha value is -0.0651. The molecule has 0 amide bonds. The molecule has 0 aliphatic rings. The van der Waals surface area contributed by atoms with Gasteiger partial charge in [0.05, 0.1) is 6.10 Å². The number of ether oxygens (including phenoxy) is 2. The largest absolute Gasteiger partial charge is 0.356 e. The van der Waals surface area contributed by atoms with Gasteiger partial charge in [0.15, 0.2) is 0 Å². The number of halogens is 1. The summed E-state index contributed by atoms with van der Waals surface area (Å²) in [6.45, 7) is 5.18. The third-order valence-electron chi connectivity index (χ3n) is 2.52. The SMILES string of the molecule is Bc1ccc(I)cc1[C@@H](CC)OCOCC. The topological polar surface area (TPSA) is 18.5 Å². The minimum Gasteiger partial charge on any atom is -0.356 e. The van der Waals surface area contributed by atoms with Crippen molar-refractivity contribution in [1.82, 2.24) is 0 Å². The van der Waals surface area contributed by atoms with Crippen molar-refractivity contribution >= 4 is 35.9 Å². The second-order valence-electron chi connectivity index (χ2n) is 3.68. The maximum absolute atomic E-state index is 5.73. The van der Waals surface area contributed by atoms with Crippen LogP contribution in [0.4, 0.5) is 0 Å². The Morgan fingerprint density at radius 1 is 1.38 bits per heavy atom. The van der Waals surface area contributed by atoms with E-state index in [0.29, 0.717) is 13.4 Å². The third kappa shape index (κ3) is 4.07. The molecule has 1 rings (SSSR count). The van der Waals surface area contributed by atoms with Gasteiger partial charge in [-0.25, -0.2) is 0 Å². The summed E-state index contributed by atoms with van der Waals surface area (Å²) in [7, 11) is 2.12. The van der Waals surface area contributed by atoms with Gasteiger partial charge in [0.1, 0.15) is 14.6 Å². The molecule has 0 saturated heterocycles. The van der Waals surface area contributed by atoms with Gasteiger partial charge < -0.3 is 9.47 Å². The van der Waals surface area contributed by atoms with Crippen LogP contribution in [0.2, 0.25) is 0 Å². The molecule has 16 heavy (non-hydrogen) atoms. The van der Waals surface area contributed by atoms with Gasteiger partial charge in [-0.2, -0.15) is 0 Å². The van der Waals surface area contributed by atoms with Gasteiger partial charge in [-0.05, 0) is 53.6 Å². The summed E-state index contributed by atoms with van der Waals surface area (Å²) in [5.41, 5.74) is 2.55. The summed E-state index contributed by atoms with van der Waals surface area (Å²) in [5, 5.41) is 0. The maximum Gasteiger partial charge on any atom is 0.147 e. The molecule has 1 aromatic rings. The zero-order valence-electron chi connectivity index (χ0n) is 10.1. The Balaban J connectivity index is 2.73. The molecule has 0 fully saturated rings.